The van der Waals surface area contributed by atoms with Crippen molar-refractivity contribution in [1.82, 2.24) is 9.21 Å². The van der Waals surface area contributed by atoms with Crippen molar-refractivity contribution >= 4 is 21.6 Å². The van der Waals surface area contributed by atoms with E-state index in [0.717, 1.165) is 0 Å². The highest BCUT2D eigenvalue weighted by atomic mass is 32.2. The summed E-state index contributed by atoms with van der Waals surface area (Å²) in [6.45, 7) is 3.45. The Kier molecular flexibility index (Phi) is 6.51. The summed E-state index contributed by atoms with van der Waals surface area (Å²) in [5, 5.41) is 2.61. The molecule has 0 radical (unpaired) electrons. The molecule has 29 heavy (non-hydrogen) atoms. The summed E-state index contributed by atoms with van der Waals surface area (Å²) in [4.78, 5) is 13.4. The van der Waals surface area contributed by atoms with Crippen LogP contribution in [0.1, 0.15) is 12.5 Å². The predicted molar refractivity (Wildman–Crippen MR) is 108 cm³/mol. The fourth-order valence-corrected chi connectivity index (χ4v) is 4.71. The molecule has 1 saturated heterocycles. The van der Waals surface area contributed by atoms with E-state index in [0.29, 0.717) is 44.0 Å². The quantitative estimate of drug-likeness (QED) is 0.774. The van der Waals surface area contributed by atoms with E-state index in [9.17, 15) is 17.6 Å². The summed E-state index contributed by atoms with van der Waals surface area (Å²) >= 11 is 0. The van der Waals surface area contributed by atoms with Crippen molar-refractivity contribution in [3.05, 3.63) is 53.8 Å². The monoisotopic (exact) mass is 421 g/mol. The highest BCUT2D eigenvalue weighted by Crippen LogP contribution is 2.29. The van der Waals surface area contributed by atoms with Gasteiger partial charge in [-0.25, -0.2) is 12.8 Å². The van der Waals surface area contributed by atoms with E-state index < -0.39 is 10.0 Å². The molecular formula is C20H24FN3O4S. The Bertz CT molecular complexity index is 989. The number of anilines is 1. The van der Waals surface area contributed by atoms with Gasteiger partial charge < -0.3 is 10.1 Å². The van der Waals surface area contributed by atoms with Crippen molar-refractivity contribution in [2.24, 2.45) is 0 Å². The van der Waals surface area contributed by atoms with Gasteiger partial charge in [0.1, 0.15) is 11.6 Å². The number of rotatable bonds is 6. The standard InChI is InChI=1S/C20H24FN3O4S/c1-15(25)22-19-8-7-17(13-20(19)28-2)29(26,27)24-11-9-23(10-12-24)14-16-5-3-4-6-18(16)21/h3-8,13H,9-12,14H2,1-2H3,(H,22,25). The minimum atomic E-state index is -3.70. The average molecular weight is 421 g/mol. The normalized spacial score (nSPS) is 15.8. The lowest BCUT2D eigenvalue weighted by Crippen LogP contribution is -2.48. The summed E-state index contributed by atoms with van der Waals surface area (Å²) in [5.74, 6) is -0.252. The summed E-state index contributed by atoms with van der Waals surface area (Å²) in [6.07, 6.45) is 0. The Hall–Kier alpha value is -2.49. The molecule has 1 aliphatic heterocycles. The van der Waals surface area contributed by atoms with Gasteiger partial charge in [-0.2, -0.15) is 4.31 Å². The number of sulfonamides is 1. The first kappa shape index (κ1) is 21.2. The van der Waals surface area contributed by atoms with Crippen molar-refractivity contribution in [2.45, 2.75) is 18.4 Å². The minimum absolute atomic E-state index is 0.103. The van der Waals surface area contributed by atoms with Gasteiger partial charge in [-0.05, 0) is 18.2 Å². The second-order valence-corrected chi connectivity index (χ2v) is 8.75. The lowest BCUT2D eigenvalue weighted by atomic mass is 10.2. The Morgan fingerprint density at radius 2 is 1.83 bits per heavy atom. The third-order valence-electron chi connectivity index (χ3n) is 4.80. The number of ether oxygens (including phenoxy) is 1. The molecule has 0 bridgehead atoms. The van der Waals surface area contributed by atoms with Crippen LogP contribution in [0.5, 0.6) is 5.75 Å². The largest absolute Gasteiger partial charge is 0.495 e. The molecule has 1 N–H and O–H groups in total. The molecule has 0 saturated carbocycles. The van der Waals surface area contributed by atoms with Crippen molar-refractivity contribution in [2.75, 3.05) is 38.6 Å². The zero-order valence-electron chi connectivity index (χ0n) is 16.4. The first-order valence-electron chi connectivity index (χ1n) is 9.23. The average Bonchev–Trinajstić information content (AvgIpc) is 2.70. The second kappa shape index (κ2) is 8.89. The highest BCUT2D eigenvalue weighted by Gasteiger charge is 2.29. The Morgan fingerprint density at radius 3 is 2.45 bits per heavy atom. The van der Waals surface area contributed by atoms with Crippen LogP contribution in [0.2, 0.25) is 0 Å². The third-order valence-corrected chi connectivity index (χ3v) is 6.70. The van der Waals surface area contributed by atoms with Gasteiger partial charge >= 0.3 is 0 Å². The number of amides is 1. The molecule has 3 rings (SSSR count). The van der Waals surface area contributed by atoms with Crippen LogP contribution in [0.15, 0.2) is 47.4 Å². The molecule has 0 aromatic heterocycles. The molecule has 2 aromatic carbocycles. The molecule has 1 amide bonds. The maximum atomic E-state index is 13.8. The van der Waals surface area contributed by atoms with Crippen LogP contribution in [-0.4, -0.2) is 56.8 Å². The predicted octanol–water partition coefficient (Wildman–Crippen LogP) is 2.30. The molecule has 1 heterocycles. The van der Waals surface area contributed by atoms with Gasteiger partial charge in [0, 0.05) is 51.3 Å². The van der Waals surface area contributed by atoms with Crippen LogP contribution in [-0.2, 0) is 21.4 Å². The van der Waals surface area contributed by atoms with Gasteiger partial charge in [-0.1, -0.05) is 18.2 Å². The van der Waals surface area contributed by atoms with E-state index in [1.54, 1.807) is 18.2 Å². The van der Waals surface area contributed by atoms with E-state index in [2.05, 4.69) is 5.32 Å². The number of hydrogen-bond donors (Lipinski definition) is 1. The lowest BCUT2D eigenvalue weighted by molar-refractivity contribution is -0.114. The Labute approximate surface area is 170 Å². The number of piperazine rings is 1. The topological polar surface area (TPSA) is 79.0 Å². The number of hydrogen-bond acceptors (Lipinski definition) is 5. The maximum absolute atomic E-state index is 13.8. The van der Waals surface area contributed by atoms with Crippen molar-refractivity contribution < 1.29 is 22.3 Å². The molecule has 2 aromatic rings. The molecule has 7 nitrogen and oxygen atoms in total. The van der Waals surface area contributed by atoms with Gasteiger partial charge in [0.25, 0.3) is 0 Å². The molecular weight excluding hydrogens is 397 g/mol. The molecule has 0 atom stereocenters. The van der Waals surface area contributed by atoms with Gasteiger partial charge in [0.15, 0.2) is 0 Å². The Balaban J connectivity index is 1.69. The molecule has 0 spiro atoms. The molecule has 0 unspecified atom stereocenters. The van der Waals surface area contributed by atoms with E-state index in [-0.39, 0.29) is 22.4 Å². The first-order valence-corrected chi connectivity index (χ1v) is 10.7. The van der Waals surface area contributed by atoms with Crippen LogP contribution in [0.3, 0.4) is 0 Å². The summed E-state index contributed by atoms with van der Waals surface area (Å²) in [6, 6.07) is 11.0. The number of benzene rings is 2. The summed E-state index contributed by atoms with van der Waals surface area (Å²) < 4.78 is 46.5. The number of nitrogens with one attached hydrogen (secondary N) is 1. The summed E-state index contributed by atoms with van der Waals surface area (Å²) in [5.41, 5.74) is 1.01. The summed E-state index contributed by atoms with van der Waals surface area (Å²) in [7, 11) is -2.29. The number of methoxy groups -OCH3 is 1. The minimum Gasteiger partial charge on any atom is -0.495 e. The van der Waals surface area contributed by atoms with Crippen LogP contribution in [0.25, 0.3) is 0 Å². The zero-order chi connectivity index (χ0) is 21.0. The van der Waals surface area contributed by atoms with Gasteiger partial charge in [-0.15, -0.1) is 0 Å². The SMILES string of the molecule is COc1cc(S(=O)(=O)N2CCN(Cc3ccccc3F)CC2)ccc1NC(C)=O. The molecule has 156 valence electrons. The van der Waals surface area contributed by atoms with E-state index >= 15 is 0 Å². The van der Waals surface area contributed by atoms with Gasteiger partial charge in [0.2, 0.25) is 15.9 Å². The number of nitrogens with zero attached hydrogens (tertiary/aromatic N) is 2. The van der Waals surface area contributed by atoms with Crippen LogP contribution < -0.4 is 10.1 Å². The van der Waals surface area contributed by atoms with Crippen LogP contribution in [0.4, 0.5) is 10.1 Å². The smallest absolute Gasteiger partial charge is 0.243 e. The van der Waals surface area contributed by atoms with Crippen LogP contribution in [0, 0.1) is 5.82 Å². The Morgan fingerprint density at radius 1 is 1.14 bits per heavy atom. The maximum Gasteiger partial charge on any atom is 0.243 e. The van der Waals surface area contributed by atoms with Crippen LogP contribution >= 0.6 is 0 Å². The number of halogens is 1. The fourth-order valence-electron chi connectivity index (χ4n) is 3.27. The van der Waals surface area contributed by atoms with Crippen molar-refractivity contribution in [3.63, 3.8) is 0 Å². The number of carbonyl (C=O) groups is 1. The van der Waals surface area contributed by atoms with E-state index in [1.807, 2.05) is 4.90 Å². The van der Waals surface area contributed by atoms with E-state index in [1.165, 1.54) is 42.6 Å². The first-order chi connectivity index (χ1) is 13.8. The zero-order valence-corrected chi connectivity index (χ0v) is 17.2. The van der Waals surface area contributed by atoms with Crippen molar-refractivity contribution in [3.8, 4) is 5.75 Å². The second-order valence-electron chi connectivity index (χ2n) is 6.81. The van der Waals surface area contributed by atoms with Crippen molar-refractivity contribution in [1.29, 1.82) is 0 Å². The molecule has 9 heteroatoms. The lowest BCUT2D eigenvalue weighted by Gasteiger charge is -2.34. The van der Waals surface area contributed by atoms with Gasteiger partial charge in [0.05, 0.1) is 17.7 Å². The molecule has 1 aliphatic rings. The molecule has 1 fully saturated rings. The van der Waals surface area contributed by atoms with E-state index in [4.69, 9.17) is 4.74 Å². The third kappa shape index (κ3) is 4.92. The highest BCUT2D eigenvalue weighted by molar-refractivity contribution is 7.89. The van der Waals surface area contributed by atoms with Gasteiger partial charge in [-0.3, -0.25) is 9.69 Å². The number of carbonyl (C=O) groups excluding carboxylic acids is 1. The fraction of sp³-hybridized carbons (Fsp3) is 0.350. The molecule has 0 aliphatic carbocycles.